The molecule has 0 aliphatic heterocycles. The maximum atomic E-state index is 10.7. The SMILES string of the molecule is COc1cccc(C(N)CC(=O)O)c1OC1CC1. The van der Waals surface area contributed by atoms with Gasteiger partial charge in [0.2, 0.25) is 0 Å². The van der Waals surface area contributed by atoms with Crippen molar-refractivity contribution in [3.05, 3.63) is 23.8 Å². The number of hydrogen-bond acceptors (Lipinski definition) is 4. The summed E-state index contributed by atoms with van der Waals surface area (Å²) in [5, 5.41) is 8.80. The molecular weight excluding hydrogens is 234 g/mol. The third-order valence-electron chi connectivity index (χ3n) is 2.83. The van der Waals surface area contributed by atoms with E-state index in [1.165, 1.54) is 0 Å². The second-order valence-corrected chi connectivity index (χ2v) is 4.40. The van der Waals surface area contributed by atoms with Gasteiger partial charge in [-0.2, -0.15) is 0 Å². The normalized spacial score (nSPS) is 16.1. The summed E-state index contributed by atoms with van der Waals surface area (Å²) in [7, 11) is 1.56. The summed E-state index contributed by atoms with van der Waals surface area (Å²) >= 11 is 0. The fraction of sp³-hybridized carbons (Fsp3) is 0.462. The molecule has 0 bridgehead atoms. The quantitative estimate of drug-likeness (QED) is 0.804. The van der Waals surface area contributed by atoms with Gasteiger partial charge in [-0.3, -0.25) is 4.79 Å². The van der Waals surface area contributed by atoms with Crippen LogP contribution in [0.25, 0.3) is 0 Å². The lowest BCUT2D eigenvalue weighted by Crippen LogP contribution is -2.17. The van der Waals surface area contributed by atoms with Gasteiger partial charge in [0.15, 0.2) is 11.5 Å². The minimum atomic E-state index is -0.928. The zero-order valence-electron chi connectivity index (χ0n) is 10.3. The first-order chi connectivity index (χ1) is 8.61. The van der Waals surface area contributed by atoms with Gasteiger partial charge in [-0.15, -0.1) is 0 Å². The topological polar surface area (TPSA) is 81.8 Å². The van der Waals surface area contributed by atoms with E-state index in [1.54, 1.807) is 25.3 Å². The van der Waals surface area contributed by atoms with Crippen molar-refractivity contribution in [3.8, 4) is 11.5 Å². The Morgan fingerprint density at radius 1 is 1.56 bits per heavy atom. The highest BCUT2D eigenvalue weighted by atomic mass is 16.5. The molecule has 5 heteroatoms. The molecule has 1 atom stereocenters. The number of carbonyl (C=O) groups is 1. The van der Waals surface area contributed by atoms with Crippen molar-refractivity contribution in [1.29, 1.82) is 0 Å². The van der Waals surface area contributed by atoms with Crippen molar-refractivity contribution in [2.75, 3.05) is 7.11 Å². The van der Waals surface area contributed by atoms with E-state index in [9.17, 15) is 4.79 Å². The van der Waals surface area contributed by atoms with Crippen LogP contribution in [0.15, 0.2) is 18.2 Å². The van der Waals surface area contributed by atoms with Crippen molar-refractivity contribution in [2.24, 2.45) is 5.73 Å². The van der Waals surface area contributed by atoms with E-state index in [0.29, 0.717) is 17.1 Å². The minimum Gasteiger partial charge on any atom is -0.493 e. The predicted octanol–water partition coefficient (Wildman–Crippen LogP) is 1.71. The lowest BCUT2D eigenvalue weighted by atomic mass is 10.0. The Kier molecular flexibility index (Phi) is 3.72. The highest BCUT2D eigenvalue weighted by molar-refractivity contribution is 5.68. The number of aliphatic carboxylic acids is 1. The van der Waals surface area contributed by atoms with Gasteiger partial charge in [0.25, 0.3) is 0 Å². The monoisotopic (exact) mass is 251 g/mol. The van der Waals surface area contributed by atoms with E-state index in [4.69, 9.17) is 20.3 Å². The van der Waals surface area contributed by atoms with Crippen LogP contribution in [0, 0.1) is 0 Å². The van der Waals surface area contributed by atoms with Crippen LogP contribution in [0.2, 0.25) is 0 Å². The Balaban J connectivity index is 2.28. The zero-order valence-corrected chi connectivity index (χ0v) is 10.3. The number of ether oxygens (including phenoxy) is 2. The Morgan fingerprint density at radius 3 is 2.83 bits per heavy atom. The molecule has 0 amide bonds. The smallest absolute Gasteiger partial charge is 0.305 e. The molecule has 3 N–H and O–H groups in total. The number of nitrogens with two attached hydrogens (primary N) is 1. The summed E-state index contributed by atoms with van der Waals surface area (Å²) in [6, 6.07) is 4.77. The fourth-order valence-electron chi connectivity index (χ4n) is 1.76. The molecule has 0 heterocycles. The molecule has 0 spiro atoms. The van der Waals surface area contributed by atoms with Gasteiger partial charge in [-0.25, -0.2) is 0 Å². The van der Waals surface area contributed by atoms with Gasteiger partial charge in [-0.05, 0) is 18.9 Å². The van der Waals surface area contributed by atoms with Gasteiger partial charge in [0, 0.05) is 11.6 Å². The molecule has 0 aromatic heterocycles. The molecule has 0 radical (unpaired) electrons. The van der Waals surface area contributed by atoms with Crippen molar-refractivity contribution >= 4 is 5.97 Å². The summed E-state index contributed by atoms with van der Waals surface area (Å²) in [5.41, 5.74) is 6.58. The second-order valence-electron chi connectivity index (χ2n) is 4.40. The molecule has 1 saturated carbocycles. The van der Waals surface area contributed by atoms with Crippen LogP contribution in [0.4, 0.5) is 0 Å². The first kappa shape index (κ1) is 12.7. The molecule has 1 unspecified atom stereocenters. The van der Waals surface area contributed by atoms with Crippen LogP contribution in [0.3, 0.4) is 0 Å². The summed E-state index contributed by atoms with van der Waals surface area (Å²) < 4.78 is 11.0. The summed E-state index contributed by atoms with van der Waals surface area (Å²) in [5.74, 6) is 0.249. The van der Waals surface area contributed by atoms with Gasteiger partial charge in [-0.1, -0.05) is 12.1 Å². The average molecular weight is 251 g/mol. The Labute approximate surface area is 106 Å². The average Bonchev–Trinajstić information content (AvgIpc) is 3.12. The van der Waals surface area contributed by atoms with Crippen LogP contribution in [-0.4, -0.2) is 24.3 Å². The first-order valence-corrected chi connectivity index (χ1v) is 5.92. The van der Waals surface area contributed by atoms with E-state index in [1.807, 2.05) is 0 Å². The molecule has 1 fully saturated rings. The molecule has 1 aliphatic rings. The van der Waals surface area contributed by atoms with Crippen molar-refractivity contribution in [3.63, 3.8) is 0 Å². The number of carboxylic acid groups (broad SMARTS) is 1. The zero-order chi connectivity index (χ0) is 13.1. The molecule has 98 valence electrons. The van der Waals surface area contributed by atoms with E-state index in [-0.39, 0.29) is 12.5 Å². The van der Waals surface area contributed by atoms with Crippen LogP contribution >= 0.6 is 0 Å². The number of carboxylic acids is 1. The first-order valence-electron chi connectivity index (χ1n) is 5.92. The number of hydrogen-bond donors (Lipinski definition) is 2. The minimum absolute atomic E-state index is 0.131. The summed E-state index contributed by atoms with van der Waals surface area (Å²) in [6.07, 6.45) is 2.11. The van der Waals surface area contributed by atoms with E-state index in [2.05, 4.69) is 0 Å². The Bertz CT molecular complexity index is 443. The van der Waals surface area contributed by atoms with Gasteiger partial charge < -0.3 is 20.3 Å². The number of methoxy groups -OCH3 is 1. The molecule has 18 heavy (non-hydrogen) atoms. The number of para-hydroxylation sites is 1. The number of rotatable bonds is 6. The van der Waals surface area contributed by atoms with Crippen LogP contribution < -0.4 is 15.2 Å². The molecule has 1 aromatic carbocycles. The summed E-state index contributed by atoms with van der Waals surface area (Å²) in [4.78, 5) is 10.7. The van der Waals surface area contributed by atoms with Gasteiger partial charge in [0.1, 0.15) is 0 Å². The van der Waals surface area contributed by atoms with Crippen LogP contribution in [0.5, 0.6) is 11.5 Å². The fourth-order valence-corrected chi connectivity index (χ4v) is 1.76. The Hall–Kier alpha value is -1.75. The maximum absolute atomic E-state index is 10.7. The largest absolute Gasteiger partial charge is 0.493 e. The lowest BCUT2D eigenvalue weighted by Gasteiger charge is -2.18. The number of benzene rings is 1. The summed E-state index contributed by atoms with van der Waals surface area (Å²) in [6.45, 7) is 0. The lowest BCUT2D eigenvalue weighted by molar-refractivity contribution is -0.137. The maximum Gasteiger partial charge on any atom is 0.305 e. The standard InChI is InChI=1S/C13H17NO4/c1-17-11-4-2-3-9(10(14)7-12(15)16)13(11)18-8-5-6-8/h2-4,8,10H,5-7,14H2,1H3,(H,15,16). The van der Waals surface area contributed by atoms with Crippen molar-refractivity contribution in [1.82, 2.24) is 0 Å². The third-order valence-corrected chi connectivity index (χ3v) is 2.83. The van der Waals surface area contributed by atoms with Crippen molar-refractivity contribution in [2.45, 2.75) is 31.4 Å². The molecule has 1 aliphatic carbocycles. The molecular formula is C13H17NO4. The third kappa shape index (κ3) is 2.92. The van der Waals surface area contributed by atoms with Gasteiger partial charge in [0.05, 0.1) is 19.6 Å². The van der Waals surface area contributed by atoms with E-state index < -0.39 is 12.0 Å². The Morgan fingerprint density at radius 2 is 2.28 bits per heavy atom. The van der Waals surface area contributed by atoms with Crippen LogP contribution in [-0.2, 0) is 4.79 Å². The van der Waals surface area contributed by atoms with Crippen LogP contribution in [0.1, 0.15) is 30.9 Å². The molecule has 2 rings (SSSR count). The molecule has 5 nitrogen and oxygen atoms in total. The second kappa shape index (κ2) is 5.27. The van der Waals surface area contributed by atoms with E-state index in [0.717, 1.165) is 12.8 Å². The predicted molar refractivity (Wildman–Crippen MR) is 65.8 cm³/mol. The van der Waals surface area contributed by atoms with Crippen molar-refractivity contribution < 1.29 is 19.4 Å². The highest BCUT2D eigenvalue weighted by Gasteiger charge is 2.27. The van der Waals surface area contributed by atoms with E-state index >= 15 is 0 Å². The van der Waals surface area contributed by atoms with Gasteiger partial charge >= 0.3 is 5.97 Å². The molecule has 1 aromatic rings. The highest BCUT2D eigenvalue weighted by Crippen LogP contribution is 2.39. The molecule has 0 saturated heterocycles.